The molecule has 0 radical (unpaired) electrons. The monoisotopic (exact) mass is 540 g/mol. The van der Waals surface area contributed by atoms with Gasteiger partial charge in [-0.1, -0.05) is 15.9 Å². The SMILES string of the molecule is CC(C)n1cc(Br)cc1C(=O)Nc1c(Br)cc(Br)cc1Br. The first-order valence-electron chi connectivity index (χ1n) is 6.13. The fraction of sp³-hybridized carbons (Fsp3) is 0.214. The summed E-state index contributed by atoms with van der Waals surface area (Å²) in [4.78, 5) is 12.5. The summed E-state index contributed by atoms with van der Waals surface area (Å²) in [6, 6.07) is 5.79. The molecule has 0 saturated heterocycles. The van der Waals surface area contributed by atoms with Gasteiger partial charge < -0.3 is 9.88 Å². The van der Waals surface area contributed by atoms with Crippen molar-refractivity contribution in [2.75, 3.05) is 5.32 Å². The van der Waals surface area contributed by atoms with E-state index in [2.05, 4.69) is 69.0 Å². The van der Waals surface area contributed by atoms with Crippen LogP contribution >= 0.6 is 63.7 Å². The summed E-state index contributed by atoms with van der Waals surface area (Å²) in [6.45, 7) is 4.07. The van der Waals surface area contributed by atoms with E-state index >= 15 is 0 Å². The second kappa shape index (κ2) is 6.98. The van der Waals surface area contributed by atoms with Gasteiger partial charge in [-0.2, -0.15) is 0 Å². The molecule has 112 valence electrons. The molecule has 2 rings (SSSR count). The number of hydrogen-bond donors (Lipinski definition) is 1. The van der Waals surface area contributed by atoms with Gasteiger partial charge in [-0.25, -0.2) is 0 Å². The lowest BCUT2D eigenvalue weighted by molar-refractivity contribution is 0.101. The molecular weight excluding hydrogens is 532 g/mol. The van der Waals surface area contributed by atoms with Gasteiger partial charge in [0.25, 0.3) is 5.91 Å². The number of hydrogen-bond acceptors (Lipinski definition) is 1. The second-order valence-corrected chi connectivity index (χ2v) is 8.28. The van der Waals surface area contributed by atoms with E-state index in [9.17, 15) is 4.79 Å². The van der Waals surface area contributed by atoms with Gasteiger partial charge in [0.2, 0.25) is 0 Å². The van der Waals surface area contributed by atoms with Gasteiger partial charge in [-0.3, -0.25) is 4.79 Å². The van der Waals surface area contributed by atoms with Crippen molar-refractivity contribution < 1.29 is 4.79 Å². The normalized spacial score (nSPS) is 11.0. The van der Waals surface area contributed by atoms with Crippen molar-refractivity contribution in [1.82, 2.24) is 4.57 Å². The number of halogens is 4. The van der Waals surface area contributed by atoms with Crippen LogP contribution in [0, 0.1) is 0 Å². The lowest BCUT2D eigenvalue weighted by Gasteiger charge is -2.14. The van der Waals surface area contributed by atoms with Crippen molar-refractivity contribution in [2.24, 2.45) is 0 Å². The van der Waals surface area contributed by atoms with Gasteiger partial charge in [-0.05, 0) is 79.8 Å². The van der Waals surface area contributed by atoms with E-state index in [1.807, 2.05) is 42.8 Å². The molecule has 0 saturated carbocycles. The maximum absolute atomic E-state index is 12.5. The molecule has 0 atom stereocenters. The predicted molar refractivity (Wildman–Crippen MR) is 100 cm³/mol. The van der Waals surface area contributed by atoms with Gasteiger partial charge in [0, 0.05) is 30.1 Å². The zero-order chi connectivity index (χ0) is 15.7. The molecule has 0 fully saturated rings. The van der Waals surface area contributed by atoms with Crippen LogP contribution in [-0.2, 0) is 0 Å². The molecule has 0 spiro atoms. The van der Waals surface area contributed by atoms with E-state index in [0.717, 1.165) is 17.9 Å². The number of rotatable bonds is 3. The minimum Gasteiger partial charge on any atom is -0.340 e. The Bertz CT molecular complexity index is 671. The van der Waals surface area contributed by atoms with Crippen molar-refractivity contribution in [3.05, 3.63) is 48.0 Å². The van der Waals surface area contributed by atoms with Crippen LogP contribution in [0.1, 0.15) is 30.4 Å². The molecule has 1 aromatic carbocycles. The number of carbonyl (C=O) groups excluding carboxylic acids is 1. The van der Waals surface area contributed by atoms with E-state index < -0.39 is 0 Å². The summed E-state index contributed by atoms with van der Waals surface area (Å²) >= 11 is 13.7. The summed E-state index contributed by atoms with van der Waals surface area (Å²) in [6.07, 6.45) is 1.91. The first-order valence-corrected chi connectivity index (χ1v) is 9.30. The molecular formula is C14H12Br4N2O. The molecule has 3 nitrogen and oxygen atoms in total. The average Bonchev–Trinajstić information content (AvgIpc) is 2.76. The van der Waals surface area contributed by atoms with E-state index in [-0.39, 0.29) is 11.9 Å². The first kappa shape index (κ1) is 17.2. The number of amides is 1. The maximum atomic E-state index is 12.5. The highest BCUT2D eigenvalue weighted by atomic mass is 79.9. The van der Waals surface area contributed by atoms with Gasteiger partial charge in [0.15, 0.2) is 0 Å². The van der Waals surface area contributed by atoms with Crippen LogP contribution in [0.5, 0.6) is 0 Å². The number of carbonyl (C=O) groups is 1. The Balaban J connectivity index is 2.35. The van der Waals surface area contributed by atoms with Crippen LogP contribution in [0.2, 0.25) is 0 Å². The Hall–Kier alpha value is -0.110. The van der Waals surface area contributed by atoms with Crippen LogP contribution in [-0.4, -0.2) is 10.5 Å². The third-order valence-electron chi connectivity index (χ3n) is 2.85. The van der Waals surface area contributed by atoms with Crippen LogP contribution in [0.3, 0.4) is 0 Å². The van der Waals surface area contributed by atoms with Crippen molar-refractivity contribution in [3.8, 4) is 0 Å². The average molecular weight is 544 g/mol. The minimum atomic E-state index is -0.155. The lowest BCUT2D eigenvalue weighted by Crippen LogP contribution is -2.18. The number of benzene rings is 1. The fourth-order valence-electron chi connectivity index (χ4n) is 1.89. The van der Waals surface area contributed by atoms with Gasteiger partial charge in [-0.15, -0.1) is 0 Å². The summed E-state index contributed by atoms with van der Waals surface area (Å²) in [5, 5.41) is 2.94. The standard InChI is InChI=1S/C14H12Br4N2O/c1-7(2)20-6-9(16)5-12(20)14(21)19-13-10(17)3-8(15)4-11(13)18/h3-7H,1-2H3,(H,19,21). The first-order chi connectivity index (χ1) is 9.79. The highest BCUT2D eigenvalue weighted by Crippen LogP contribution is 2.35. The van der Waals surface area contributed by atoms with Crippen LogP contribution < -0.4 is 5.32 Å². The smallest absolute Gasteiger partial charge is 0.272 e. The van der Waals surface area contributed by atoms with Crippen molar-refractivity contribution in [2.45, 2.75) is 19.9 Å². The predicted octanol–water partition coefficient (Wildman–Crippen LogP) is 6.37. The van der Waals surface area contributed by atoms with Gasteiger partial charge >= 0.3 is 0 Å². The molecule has 21 heavy (non-hydrogen) atoms. The Kier molecular flexibility index (Phi) is 5.73. The lowest BCUT2D eigenvalue weighted by atomic mass is 10.3. The highest BCUT2D eigenvalue weighted by molar-refractivity contribution is 9.11. The number of nitrogens with zero attached hydrogens (tertiary/aromatic N) is 1. The maximum Gasteiger partial charge on any atom is 0.272 e. The molecule has 0 bridgehead atoms. The van der Waals surface area contributed by atoms with Crippen LogP contribution in [0.15, 0.2) is 42.3 Å². The molecule has 0 aliphatic carbocycles. The zero-order valence-corrected chi connectivity index (χ0v) is 17.6. The summed E-state index contributed by atoms with van der Waals surface area (Å²) < 4.78 is 5.35. The fourth-order valence-corrected chi connectivity index (χ4v) is 4.79. The highest BCUT2D eigenvalue weighted by Gasteiger charge is 2.17. The molecule has 1 aromatic heterocycles. The van der Waals surface area contributed by atoms with Crippen molar-refractivity contribution in [1.29, 1.82) is 0 Å². The molecule has 7 heteroatoms. The van der Waals surface area contributed by atoms with Crippen molar-refractivity contribution >= 4 is 75.3 Å². The molecule has 1 heterocycles. The van der Waals surface area contributed by atoms with Gasteiger partial charge in [0.05, 0.1) is 5.69 Å². The molecule has 1 amide bonds. The van der Waals surface area contributed by atoms with E-state index in [4.69, 9.17) is 0 Å². The molecule has 0 aliphatic heterocycles. The van der Waals surface area contributed by atoms with Crippen molar-refractivity contribution in [3.63, 3.8) is 0 Å². The molecule has 0 aliphatic rings. The minimum absolute atomic E-state index is 0.155. The molecule has 2 aromatic rings. The largest absolute Gasteiger partial charge is 0.340 e. The number of anilines is 1. The van der Waals surface area contributed by atoms with Crippen LogP contribution in [0.25, 0.3) is 0 Å². The number of nitrogens with one attached hydrogen (secondary N) is 1. The Morgan fingerprint density at radius 1 is 1.05 bits per heavy atom. The molecule has 1 N–H and O–H groups in total. The number of aromatic nitrogens is 1. The van der Waals surface area contributed by atoms with E-state index in [1.54, 1.807) is 0 Å². The Morgan fingerprint density at radius 3 is 2.14 bits per heavy atom. The van der Waals surface area contributed by atoms with Crippen LogP contribution in [0.4, 0.5) is 5.69 Å². The van der Waals surface area contributed by atoms with Gasteiger partial charge in [0.1, 0.15) is 5.69 Å². The quantitative estimate of drug-likeness (QED) is 0.479. The summed E-state index contributed by atoms with van der Waals surface area (Å²) in [7, 11) is 0. The van der Waals surface area contributed by atoms with E-state index in [1.165, 1.54) is 0 Å². The van der Waals surface area contributed by atoms with E-state index in [0.29, 0.717) is 11.4 Å². The Morgan fingerprint density at radius 2 is 1.62 bits per heavy atom. The summed E-state index contributed by atoms with van der Waals surface area (Å²) in [5.41, 5.74) is 1.31. The molecule has 0 unspecified atom stereocenters. The zero-order valence-electron chi connectivity index (χ0n) is 11.3. The second-order valence-electron chi connectivity index (χ2n) is 4.74. The Labute approximate surface area is 157 Å². The third-order valence-corrected chi connectivity index (χ3v) is 4.99. The third kappa shape index (κ3) is 4.00. The topological polar surface area (TPSA) is 34.0 Å². The summed E-state index contributed by atoms with van der Waals surface area (Å²) in [5.74, 6) is -0.155.